The number of amides is 1. The fourth-order valence-corrected chi connectivity index (χ4v) is 2.45. The highest BCUT2D eigenvalue weighted by Crippen LogP contribution is 2.11. The van der Waals surface area contributed by atoms with Crippen molar-refractivity contribution < 1.29 is 14.3 Å². The largest absolute Gasteiger partial charge is 0.450 e. The quantitative estimate of drug-likeness (QED) is 0.548. The van der Waals surface area contributed by atoms with E-state index in [-0.39, 0.29) is 6.09 Å². The second-order valence-corrected chi connectivity index (χ2v) is 5.32. The maximum Gasteiger partial charge on any atom is 0.409 e. The number of nitrogens with one attached hydrogen (secondary N) is 2. The molecular weight excluding hydrogens is 290 g/mol. The highest BCUT2D eigenvalue weighted by atomic mass is 32.1. The van der Waals surface area contributed by atoms with Gasteiger partial charge in [0.05, 0.1) is 6.61 Å². The van der Waals surface area contributed by atoms with Crippen LogP contribution in [0.4, 0.5) is 4.79 Å². The minimum atomic E-state index is -0.215. The molecule has 0 aromatic rings. The zero-order valence-corrected chi connectivity index (χ0v) is 13.8. The smallest absolute Gasteiger partial charge is 0.409 e. The molecule has 0 aromatic heterocycles. The van der Waals surface area contributed by atoms with Crippen molar-refractivity contribution in [2.75, 3.05) is 39.5 Å². The van der Waals surface area contributed by atoms with Gasteiger partial charge in [0.15, 0.2) is 5.11 Å². The fraction of sp³-hybridized carbons (Fsp3) is 0.857. The maximum atomic E-state index is 11.6. The molecule has 0 aliphatic carbocycles. The number of rotatable bonds is 7. The monoisotopic (exact) mass is 317 g/mol. The first-order chi connectivity index (χ1) is 10.2. The van der Waals surface area contributed by atoms with E-state index < -0.39 is 0 Å². The maximum absolute atomic E-state index is 11.6. The molecule has 0 unspecified atom stereocenters. The van der Waals surface area contributed by atoms with Crippen molar-refractivity contribution in [2.45, 2.75) is 39.2 Å². The summed E-state index contributed by atoms with van der Waals surface area (Å²) in [4.78, 5) is 13.3. The lowest BCUT2D eigenvalue weighted by molar-refractivity contribution is 0.0963. The van der Waals surface area contributed by atoms with E-state index in [0.29, 0.717) is 30.9 Å². The van der Waals surface area contributed by atoms with Gasteiger partial charge in [-0.05, 0) is 45.3 Å². The van der Waals surface area contributed by atoms with Crippen LogP contribution in [0.15, 0.2) is 0 Å². The topological polar surface area (TPSA) is 62.8 Å². The molecule has 1 fully saturated rings. The van der Waals surface area contributed by atoms with Crippen molar-refractivity contribution >= 4 is 23.4 Å². The number of carbonyl (C=O) groups is 1. The molecule has 2 N–H and O–H groups in total. The van der Waals surface area contributed by atoms with E-state index in [1.165, 1.54) is 0 Å². The number of likely N-dealkylation sites (tertiary alicyclic amines) is 1. The van der Waals surface area contributed by atoms with Gasteiger partial charge >= 0.3 is 6.09 Å². The lowest BCUT2D eigenvalue weighted by Crippen LogP contribution is -2.49. The Balaban J connectivity index is 2.11. The van der Waals surface area contributed by atoms with Gasteiger partial charge in [0, 0.05) is 38.9 Å². The summed E-state index contributed by atoms with van der Waals surface area (Å²) in [5.41, 5.74) is 0. The van der Waals surface area contributed by atoms with Gasteiger partial charge in [0.1, 0.15) is 0 Å². The lowest BCUT2D eigenvalue weighted by Gasteiger charge is -2.32. The molecule has 0 bridgehead atoms. The second-order valence-electron chi connectivity index (χ2n) is 4.91. The summed E-state index contributed by atoms with van der Waals surface area (Å²) in [5.74, 6) is 0. The molecule has 21 heavy (non-hydrogen) atoms. The van der Waals surface area contributed by atoms with Crippen molar-refractivity contribution in [3.05, 3.63) is 0 Å². The Bertz CT molecular complexity index is 321. The van der Waals surface area contributed by atoms with Crippen LogP contribution in [-0.4, -0.2) is 61.6 Å². The predicted octanol–water partition coefficient (Wildman–Crippen LogP) is 1.50. The molecule has 122 valence electrons. The van der Waals surface area contributed by atoms with Crippen LogP contribution in [0.1, 0.15) is 33.1 Å². The number of ether oxygens (including phenoxy) is 2. The van der Waals surface area contributed by atoms with Gasteiger partial charge in [-0.2, -0.15) is 0 Å². The van der Waals surface area contributed by atoms with Crippen LogP contribution < -0.4 is 10.6 Å². The van der Waals surface area contributed by atoms with Crippen LogP contribution in [0.2, 0.25) is 0 Å². The summed E-state index contributed by atoms with van der Waals surface area (Å²) in [6.45, 7) is 7.98. The van der Waals surface area contributed by atoms with Crippen LogP contribution in [0.3, 0.4) is 0 Å². The predicted molar refractivity (Wildman–Crippen MR) is 86.5 cm³/mol. The van der Waals surface area contributed by atoms with Crippen LogP contribution in [0.5, 0.6) is 0 Å². The van der Waals surface area contributed by atoms with Crippen molar-refractivity contribution in [2.24, 2.45) is 0 Å². The Hall–Kier alpha value is -1.08. The number of nitrogens with zero attached hydrogens (tertiary/aromatic N) is 1. The molecule has 0 saturated carbocycles. The molecule has 1 aliphatic heterocycles. The van der Waals surface area contributed by atoms with E-state index in [1.54, 1.807) is 4.90 Å². The van der Waals surface area contributed by atoms with Crippen LogP contribution in [-0.2, 0) is 9.47 Å². The van der Waals surface area contributed by atoms with Gasteiger partial charge in [0.25, 0.3) is 0 Å². The summed E-state index contributed by atoms with van der Waals surface area (Å²) in [5, 5.41) is 7.16. The minimum Gasteiger partial charge on any atom is -0.450 e. The summed E-state index contributed by atoms with van der Waals surface area (Å²) < 4.78 is 10.3. The highest BCUT2D eigenvalue weighted by molar-refractivity contribution is 7.80. The number of hydrogen-bond donors (Lipinski definition) is 2. The molecule has 0 spiro atoms. The second kappa shape index (κ2) is 10.6. The Kier molecular flexibility index (Phi) is 9.09. The lowest BCUT2D eigenvalue weighted by atomic mass is 10.1. The first-order valence-electron chi connectivity index (χ1n) is 7.71. The van der Waals surface area contributed by atoms with Crippen LogP contribution in [0, 0.1) is 0 Å². The molecule has 0 atom stereocenters. The zero-order valence-electron chi connectivity index (χ0n) is 13.0. The van der Waals surface area contributed by atoms with Gasteiger partial charge in [-0.3, -0.25) is 0 Å². The van der Waals surface area contributed by atoms with Gasteiger partial charge in [-0.1, -0.05) is 0 Å². The Labute approximate surface area is 132 Å². The molecule has 1 heterocycles. The average Bonchev–Trinajstić information content (AvgIpc) is 2.48. The van der Waals surface area contributed by atoms with E-state index in [0.717, 1.165) is 39.0 Å². The number of carbonyl (C=O) groups excluding carboxylic acids is 1. The third-order valence-corrected chi connectivity index (χ3v) is 3.57. The number of piperidine rings is 1. The third-order valence-electron chi connectivity index (χ3n) is 3.31. The molecule has 1 rings (SSSR count). The molecule has 0 radical (unpaired) electrons. The van der Waals surface area contributed by atoms with Crippen LogP contribution >= 0.6 is 12.2 Å². The first-order valence-corrected chi connectivity index (χ1v) is 8.12. The van der Waals surface area contributed by atoms with E-state index in [1.807, 2.05) is 13.8 Å². The van der Waals surface area contributed by atoms with Crippen molar-refractivity contribution in [3.63, 3.8) is 0 Å². The summed E-state index contributed by atoms with van der Waals surface area (Å²) in [6.07, 6.45) is 2.50. The van der Waals surface area contributed by atoms with E-state index in [4.69, 9.17) is 21.7 Å². The van der Waals surface area contributed by atoms with Crippen molar-refractivity contribution in [1.29, 1.82) is 0 Å². The van der Waals surface area contributed by atoms with E-state index in [9.17, 15) is 4.79 Å². The molecule has 0 aromatic carbocycles. The van der Waals surface area contributed by atoms with Crippen molar-refractivity contribution in [1.82, 2.24) is 15.5 Å². The van der Waals surface area contributed by atoms with Gasteiger partial charge < -0.3 is 25.0 Å². The molecule has 1 aliphatic rings. The highest BCUT2D eigenvalue weighted by Gasteiger charge is 2.23. The Morgan fingerprint density at radius 1 is 1.29 bits per heavy atom. The Morgan fingerprint density at radius 3 is 2.62 bits per heavy atom. The first kappa shape index (κ1) is 18.0. The van der Waals surface area contributed by atoms with Gasteiger partial charge in [-0.15, -0.1) is 0 Å². The van der Waals surface area contributed by atoms with Crippen molar-refractivity contribution in [3.8, 4) is 0 Å². The van der Waals surface area contributed by atoms with E-state index >= 15 is 0 Å². The fourth-order valence-electron chi connectivity index (χ4n) is 2.18. The van der Waals surface area contributed by atoms with Crippen LogP contribution in [0.25, 0.3) is 0 Å². The number of thiocarbonyl (C=S) groups is 1. The number of hydrogen-bond acceptors (Lipinski definition) is 4. The SMILES string of the molecule is CCOCCCNC(=S)NC1CCN(C(=O)OCC)CC1. The standard InChI is InChI=1S/C14H27N3O3S/c1-3-19-11-5-8-15-13(21)16-12-6-9-17(10-7-12)14(18)20-4-2/h12H,3-11H2,1-2H3,(H2,15,16,21). The molecular formula is C14H27N3O3S. The summed E-state index contributed by atoms with van der Waals surface area (Å²) in [7, 11) is 0. The van der Waals surface area contributed by atoms with Gasteiger partial charge in [-0.25, -0.2) is 4.79 Å². The summed E-state index contributed by atoms with van der Waals surface area (Å²) in [6, 6.07) is 0.322. The Morgan fingerprint density at radius 2 is 2.00 bits per heavy atom. The average molecular weight is 317 g/mol. The molecule has 1 saturated heterocycles. The molecule has 6 nitrogen and oxygen atoms in total. The normalized spacial score (nSPS) is 15.6. The zero-order chi connectivity index (χ0) is 15.5. The third kappa shape index (κ3) is 7.47. The van der Waals surface area contributed by atoms with E-state index in [2.05, 4.69) is 10.6 Å². The minimum absolute atomic E-state index is 0.215. The molecule has 7 heteroatoms. The molecule has 1 amide bonds. The van der Waals surface area contributed by atoms with Gasteiger partial charge in [0.2, 0.25) is 0 Å². The summed E-state index contributed by atoms with van der Waals surface area (Å²) >= 11 is 5.27.